The molecular weight excluding hydrogens is 623 g/mol. The summed E-state index contributed by atoms with van der Waals surface area (Å²) in [7, 11) is -2.94. The van der Waals surface area contributed by atoms with E-state index in [4.69, 9.17) is 14.2 Å². The molecule has 2 aliphatic heterocycles. The van der Waals surface area contributed by atoms with Crippen molar-refractivity contribution in [1.29, 1.82) is 0 Å². The maximum Gasteiger partial charge on any atom is 0.332 e. The number of Topliss-reactive ketones (excluding diaryl/α,β-unsaturated/α-hetero) is 1. The Kier molecular flexibility index (Phi) is 9.98. The third kappa shape index (κ3) is 6.94. The number of rotatable bonds is 7. The first-order chi connectivity index (χ1) is 22.5. The van der Waals surface area contributed by atoms with Crippen LogP contribution in [-0.2, 0) is 30.1 Å². The van der Waals surface area contributed by atoms with Crippen LogP contribution in [0.5, 0.6) is 11.6 Å². The summed E-state index contributed by atoms with van der Waals surface area (Å²) in [6.07, 6.45) is 8.49. The molecule has 1 aromatic carbocycles. The topological polar surface area (TPSA) is 153 Å². The van der Waals surface area contributed by atoms with Crippen LogP contribution >= 0.6 is 7.60 Å². The molecule has 1 aromatic heterocycles. The zero-order valence-electron chi connectivity index (χ0n) is 27.4. The van der Waals surface area contributed by atoms with E-state index in [9.17, 15) is 28.7 Å². The Morgan fingerprint density at radius 2 is 1.94 bits per heavy atom. The van der Waals surface area contributed by atoms with Crippen molar-refractivity contribution in [3.05, 3.63) is 30.0 Å². The maximum absolute atomic E-state index is 14.5. The monoisotopic (exact) mass is 670 g/mol. The number of ketones is 1. The number of ether oxygens (including phenoxy) is 3. The van der Waals surface area contributed by atoms with E-state index in [1.54, 1.807) is 13.3 Å². The molecule has 1 amide bonds. The third-order valence-electron chi connectivity index (χ3n) is 11.1. The van der Waals surface area contributed by atoms with Gasteiger partial charge in [-0.2, -0.15) is 0 Å². The summed E-state index contributed by atoms with van der Waals surface area (Å²) in [5.41, 5.74) is 1.00. The molecule has 11 nitrogen and oxygen atoms in total. The highest BCUT2D eigenvalue weighted by Crippen LogP contribution is 2.71. The number of carbonyl (C=O) groups is 3. The number of hydrogen-bond acceptors (Lipinski definition) is 8. The molecule has 4 bridgehead atoms. The van der Waals surface area contributed by atoms with E-state index in [0.29, 0.717) is 18.7 Å². The number of nitrogens with zero attached hydrogens (tertiary/aromatic N) is 2. The summed E-state index contributed by atoms with van der Waals surface area (Å²) >= 11 is 0. The number of amides is 1. The Balaban J connectivity index is 1.36. The van der Waals surface area contributed by atoms with Gasteiger partial charge in [-0.05, 0) is 85.9 Å². The first-order valence-electron chi connectivity index (χ1n) is 17.2. The first kappa shape index (κ1) is 33.9. The zero-order chi connectivity index (χ0) is 33.3. The van der Waals surface area contributed by atoms with Crippen LogP contribution in [0.25, 0.3) is 10.8 Å². The van der Waals surface area contributed by atoms with E-state index in [1.807, 2.05) is 25.1 Å². The molecule has 2 unspecified atom stereocenters. The number of pyridine rings is 1. The molecule has 2 aromatic rings. The average molecular weight is 671 g/mol. The van der Waals surface area contributed by atoms with E-state index in [2.05, 4.69) is 4.98 Å². The Bertz CT molecular complexity index is 1550. The summed E-state index contributed by atoms with van der Waals surface area (Å²) < 4.78 is 30.5. The molecule has 2 N–H and O–H groups in total. The van der Waals surface area contributed by atoms with E-state index in [1.165, 1.54) is 4.90 Å². The van der Waals surface area contributed by atoms with Gasteiger partial charge in [0.2, 0.25) is 11.8 Å². The van der Waals surface area contributed by atoms with Gasteiger partial charge < -0.3 is 28.9 Å². The van der Waals surface area contributed by atoms with Gasteiger partial charge in [0.05, 0.1) is 43.8 Å². The summed E-state index contributed by atoms with van der Waals surface area (Å²) in [4.78, 5) is 68.3. The van der Waals surface area contributed by atoms with Crippen molar-refractivity contribution in [3.63, 3.8) is 0 Å². The predicted octanol–water partition coefficient (Wildman–Crippen LogP) is 5.36. The van der Waals surface area contributed by atoms with Crippen LogP contribution in [-0.4, -0.2) is 74.9 Å². The summed E-state index contributed by atoms with van der Waals surface area (Å²) in [5.74, 6) is -0.802. The molecule has 256 valence electrons. The highest BCUT2D eigenvalue weighted by Gasteiger charge is 2.66. The zero-order valence-corrected chi connectivity index (χ0v) is 28.3. The number of aromatic nitrogens is 1. The molecule has 6 rings (SSSR count). The van der Waals surface area contributed by atoms with Gasteiger partial charge in [-0.1, -0.05) is 26.2 Å². The molecule has 2 saturated carbocycles. The molecule has 47 heavy (non-hydrogen) atoms. The number of esters is 1. The summed E-state index contributed by atoms with van der Waals surface area (Å²) in [6, 6.07) is 4.95. The smallest absolute Gasteiger partial charge is 0.332 e. The lowest BCUT2D eigenvalue weighted by atomic mass is 9.86. The van der Waals surface area contributed by atoms with Gasteiger partial charge in [0, 0.05) is 24.4 Å². The Labute approximate surface area is 275 Å². The van der Waals surface area contributed by atoms with E-state index < -0.39 is 36.8 Å². The van der Waals surface area contributed by atoms with Gasteiger partial charge in [-0.25, -0.2) is 4.98 Å². The van der Waals surface area contributed by atoms with Gasteiger partial charge in [-0.15, -0.1) is 0 Å². The Hall–Kier alpha value is -3.01. The van der Waals surface area contributed by atoms with Crippen LogP contribution in [0, 0.1) is 17.8 Å². The predicted molar refractivity (Wildman–Crippen MR) is 174 cm³/mol. The second-order valence-corrected chi connectivity index (χ2v) is 15.9. The van der Waals surface area contributed by atoms with Crippen molar-refractivity contribution >= 4 is 36.0 Å². The standard InChI is InChI=1S/C35H47N2O9P/c1-3-25-19-35(25,47(41,42)43)20-30(38)29-17-26-21-37(29)34(40)28(22-9-6-7-10-22)18-32(39)45-14-8-4-5-11-24-15-27-23(16-31(24)44-2)12-13-36-33(27)46-26/h12-13,15-16,22,25-26,28-29H,3-11,14,17-21H2,1-2H3,(H2,41,42,43)/t25?,26-,28+,29+,35?/m1/s1. The molecule has 3 fully saturated rings. The van der Waals surface area contributed by atoms with Gasteiger partial charge in [-0.3, -0.25) is 18.9 Å². The van der Waals surface area contributed by atoms with Crippen molar-refractivity contribution in [2.45, 2.75) is 108 Å². The van der Waals surface area contributed by atoms with Gasteiger partial charge >= 0.3 is 13.6 Å². The maximum atomic E-state index is 14.5. The number of aryl methyl sites for hydroxylation is 1. The SMILES string of the molecule is CCC1CC1(CC(=O)[C@@H]1C[C@@H]2CN1C(=O)[C@H](C1CCCC1)CC(=O)OCCCCCc1cc3c(nccc3cc1OC)O2)P(=O)(O)O. The molecule has 0 spiro atoms. The molecule has 2 aliphatic carbocycles. The van der Waals surface area contributed by atoms with Crippen LogP contribution in [0.4, 0.5) is 0 Å². The van der Waals surface area contributed by atoms with E-state index in [-0.39, 0.29) is 62.4 Å². The molecule has 0 radical (unpaired) electrons. The van der Waals surface area contributed by atoms with Crippen LogP contribution in [0.2, 0.25) is 0 Å². The van der Waals surface area contributed by atoms with Crippen LogP contribution in [0.3, 0.4) is 0 Å². The molecule has 12 heteroatoms. The highest BCUT2D eigenvalue weighted by atomic mass is 31.2. The minimum absolute atomic E-state index is 0.00107. The van der Waals surface area contributed by atoms with Crippen LogP contribution in [0.15, 0.2) is 24.4 Å². The number of methoxy groups -OCH3 is 1. The van der Waals surface area contributed by atoms with Crippen molar-refractivity contribution in [2.24, 2.45) is 17.8 Å². The molecule has 1 saturated heterocycles. The number of hydrogen-bond donors (Lipinski definition) is 2. The normalized spacial score (nSPS) is 29.3. The Morgan fingerprint density at radius 1 is 1.15 bits per heavy atom. The second-order valence-electron chi connectivity index (χ2n) is 14.0. The lowest BCUT2D eigenvalue weighted by Gasteiger charge is -2.31. The van der Waals surface area contributed by atoms with Crippen LogP contribution in [0.1, 0.15) is 89.5 Å². The van der Waals surface area contributed by atoms with Gasteiger partial charge in [0.15, 0.2) is 5.78 Å². The second kappa shape index (κ2) is 13.8. The molecule has 3 heterocycles. The van der Waals surface area contributed by atoms with E-state index in [0.717, 1.165) is 67.0 Å². The highest BCUT2D eigenvalue weighted by molar-refractivity contribution is 7.54. The van der Waals surface area contributed by atoms with Crippen LogP contribution < -0.4 is 9.47 Å². The minimum atomic E-state index is -4.58. The lowest BCUT2D eigenvalue weighted by molar-refractivity contribution is -0.151. The number of cyclic esters (lactones) is 1. The van der Waals surface area contributed by atoms with Gasteiger partial charge in [0.25, 0.3) is 0 Å². The Morgan fingerprint density at radius 3 is 2.64 bits per heavy atom. The van der Waals surface area contributed by atoms with Crippen molar-refractivity contribution in [2.75, 3.05) is 20.3 Å². The first-order valence-corrected chi connectivity index (χ1v) is 18.8. The number of benzene rings is 1. The fraction of sp³-hybridized carbons (Fsp3) is 0.657. The number of carbonyl (C=O) groups excluding carboxylic acids is 3. The minimum Gasteiger partial charge on any atom is -0.496 e. The molecule has 4 aliphatic rings. The average Bonchev–Trinajstić information content (AvgIpc) is 3.34. The fourth-order valence-corrected chi connectivity index (χ4v) is 9.80. The summed E-state index contributed by atoms with van der Waals surface area (Å²) in [5, 5.41) is 0.304. The molecule has 5 atom stereocenters. The largest absolute Gasteiger partial charge is 0.496 e. The van der Waals surface area contributed by atoms with E-state index >= 15 is 0 Å². The summed E-state index contributed by atoms with van der Waals surface area (Å²) in [6.45, 7) is 2.25. The van der Waals surface area contributed by atoms with Crippen molar-refractivity contribution < 1.29 is 42.9 Å². The lowest BCUT2D eigenvalue weighted by Crippen LogP contribution is -2.46. The number of fused-ring (bicyclic) bond motifs is 3. The quantitative estimate of drug-likeness (QED) is 0.291. The van der Waals surface area contributed by atoms with Gasteiger partial charge in [0.1, 0.15) is 11.9 Å². The third-order valence-corrected chi connectivity index (χ3v) is 13.0. The molecular formula is C35H47N2O9P. The van der Waals surface area contributed by atoms with Crippen molar-refractivity contribution in [1.82, 2.24) is 9.88 Å². The fourth-order valence-electron chi connectivity index (χ4n) is 8.32. The van der Waals surface area contributed by atoms with Crippen molar-refractivity contribution in [3.8, 4) is 11.6 Å².